The molecule has 0 aromatic heterocycles. The van der Waals surface area contributed by atoms with E-state index in [0.717, 1.165) is 6.67 Å². The summed E-state index contributed by atoms with van der Waals surface area (Å²) >= 11 is 0. The first-order valence-electron chi connectivity index (χ1n) is 9.31. The van der Waals surface area contributed by atoms with E-state index in [-0.39, 0.29) is 0 Å². The van der Waals surface area contributed by atoms with E-state index in [1.807, 2.05) is 0 Å². The van der Waals surface area contributed by atoms with Gasteiger partial charge in [0.15, 0.2) is 0 Å². The van der Waals surface area contributed by atoms with Crippen LogP contribution < -0.4 is 9.80 Å². The van der Waals surface area contributed by atoms with Gasteiger partial charge in [-0.3, -0.25) is 0 Å². The fraction of sp³-hybridized carbons (Fsp3) is 0.455. The summed E-state index contributed by atoms with van der Waals surface area (Å²) in [6.07, 6.45) is 5.37. The molecule has 1 heterocycles. The van der Waals surface area contributed by atoms with Crippen molar-refractivity contribution in [2.45, 2.75) is 58.5 Å². The van der Waals surface area contributed by atoms with E-state index in [0.29, 0.717) is 12.1 Å². The minimum Gasteiger partial charge on any atom is -0.349 e. The van der Waals surface area contributed by atoms with Crippen LogP contribution >= 0.6 is 0 Å². The van der Waals surface area contributed by atoms with Crippen LogP contribution in [0.2, 0.25) is 0 Å². The van der Waals surface area contributed by atoms with E-state index in [2.05, 4.69) is 73.0 Å². The third-order valence-electron chi connectivity index (χ3n) is 5.81. The fourth-order valence-electron chi connectivity index (χ4n) is 4.95. The molecule has 1 aliphatic heterocycles. The average molecular weight is 320 g/mol. The minimum atomic E-state index is 0.652. The normalized spacial score (nSPS) is 23.5. The average Bonchev–Trinajstić information content (AvgIpc) is 2.94. The molecule has 4 rings (SSSR count). The van der Waals surface area contributed by atoms with E-state index in [1.54, 1.807) is 0 Å². The number of nitrogens with zero attached hydrogens (tertiary/aromatic N) is 2. The smallest absolute Gasteiger partial charge is 0.0910 e. The van der Waals surface area contributed by atoms with Crippen LogP contribution in [-0.4, -0.2) is 18.8 Å². The Morgan fingerprint density at radius 3 is 2.00 bits per heavy atom. The van der Waals surface area contributed by atoms with Gasteiger partial charge in [-0.05, 0) is 56.9 Å². The summed E-state index contributed by atoms with van der Waals surface area (Å²) in [4.78, 5) is 5.34. The molecule has 2 fully saturated rings. The lowest BCUT2D eigenvalue weighted by atomic mass is 9.89. The summed E-state index contributed by atoms with van der Waals surface area (Å²) in [6.45, 7) is 7.77. The Bertz CT molecular complexity index is 699. The van der Waals surface area contributed by atoms with Gasteiger partial charge in [-0.1, -0.05) is 48.7 Å². The molecule has 0 N–H and O–H groups in total. The van der Waals surface area contributed by atoms with Crippen LogP contribution in [0.15, 0.2) is 42.5 Å². The van der Waals surface area contributed by atoms with Gasteiger partial charge in [-0.15, -0.1) is 0 Å². The molecule has 24 heavy (non-hydrogen) atoms. The largest absolute Gasteiger partial charge is 0.349 e. The second-order valence-electron chi connectivity index (χ2n) is 7.58. The van der Waals surface area contributed by atoms with Crippen LogP contribution in [0.4, 0.5) is 11.4 Å². The molecular formula is C22H28N2. The number of para-hydroxylation sites is 1. The highest BCUT2D eigenvalue weighted by Gasteiger charge is 2.42. The second kappa shape index (κ2) is 6.16. The molecule has 2 heteroatoms. The zero-order chi connectivity index (χ0) is 16.7. The number of benzene rings is 2. The first-order chi connectivity index (χ1) is 11.6. The van der Waals surface area contributed by atoms with Crippen molar-refractivity contribution in [3.05, 3.63) is 59.2 Å². The number of anilines is 2. The van der Waals surface area contributed by atoms with Gasteiger partial charge in [0, 0.05) is 11.4 Å². The summed E-state index contributed by atoms with van der Waals surface area (Å²) in [5.74, 6) is 0. The summed E-state index contributed by atoms with van der Waals surface area (Å²) in [5, 5.41) is 0. The van der Waals surface area contributed by atoms with Crippen molar-refractivity contribution in [1.29, 1.82) is 0 Å². The van der Waals surface area contributed by atoms with Gasteiger partial charge in [0.25, 0.3) is 0 Å². The van der Waals surface area contributed by atoms with Gasteiger partial charge in [0.05, 0.1) is 18.8 Å². The zero-order valence-corrected chi connectivity index (χ0v) is 15.1. The van der Waals surface area contributed by atoms with Crippen LogP contribution in [0, 0.1) is 20.8 Å². The molecule has 2 nitrogen and oxygen atoms in total. The summed E-state index contributed by atoms with van der Waals surface area (Å²) in [7, 11) is 0. The summed E-state index contributed by atoms with van der Waals surface area (Å²) in [5.41, 5.74) is 7.06. The van der Waals surface area contributed by atoms with Crippen LogP contribution in [0.3, 0.4) is 0 Å². The Morgan fingerprint density at radius 1 is 0.792 bits per heavy atom. The van der Waals surface area contributed by atoms with Crippen molar-refractivity contribution >= 4 is 11.4 Å². The molecule has 2 aromatic carbocycles. The van der Waals surface area contributed by atoms with Crippen LogP contribution in [-0.2, 0) is 0 Å². The maximum absolute atomic E-state index is 2.70. The fourth-order valence-corrected chi connectivity index (χ4v) is 4.95. The number of rotatable bonds is 2. The predicted octanol–water partition coefficient (Wildman–Crippen LogP) is 5.21. The molecule has 1 saturated heterocycles. The maximum atomic E-state index is 2.70. The van der Waals surface area contributed by atoms with Gasteiger partial charge in [0.2, 0.25) is 0 Å². The molecule has 0 spiro atoms. The van der Waals surface area contributed by atoms with Gasteiger partial charge in [-0.25, -0.2) is 0 Å². The Kier molecular flexibility index (Phi) is 3.99. The molecule has 0 radical (unpaired) electrons. The van der Waals surface area contributed by atoms with Crippen LogP contribution in [0.5, 0.6) is 0 Å². The molecule has 2 unspecified atom stereocenters. The van der Waals surface area contributed by atoms with E-state index < -0.39 is 0 Å². The molecule has 2 aromatic rings. The minimum absolute atomic E-state index is 0.652. The molecule has 2 aliphatic rings. The molecule has 2 atom stereocenters. The quantitative estimate of drug-likeness (QED) is 0.749. The lowest BCUT2D eigenvalue weighted by Crippen LogP contribution is -2.40. The summed E-state index contributed by atoms with van der Waals surface area (Å²) in [6, 6.07) is 17.0. The van der Waals surface area contributed by atoms with Crippen molar-refractivity contribution in [3.8, 4) is 0 Å². The molecular weight excluding hydrogens is 292 g/mol. The Balaban J connectivity index is 1.74. The molecule has 1 saturated carbocycles. The van der Waals surface area contributed by atoms with Crippen molar-refractivity contribution in [2.75, 3.05) is 16.5 Å². The van der Waals surface area contributed by atoms with Crippen LogP contribution in [0.1, 0.15) is 42.4 Å². The Hall–Kier alpha value is -1.96. The van der Waals surface area contributed by atoms with Gasteiger partial charge < -0.3 is 9.80 Å². The van der Waals surface area contributed by atoms with Crippen molar-refractivity contribution in [3.63, 3.8) is 0 Å². The molecule has 1 aliphatic carbocycles. The first kappa shape index (κ1) is 15.6. The highest BCUT2D eigenvalue weighted by molar-refractivity contribution is 5.65. The van der Waals surface area contributed by atoms with Crippen molar-refractivity contribution in [1.82, 2.24) is 0 Å². The van der Waals surface area contributed by atoms with Gasteiger partial charge >= 0.3 is 0 Å². The standard InChI is InChI=1S/C22H28N2/c1-16-13-17(2)22(18(3)14-16)24-15-23(19-9-5-4-6-10-19)20-11-7-8-12-21(20)24/h4-6,9-10,13-14,20-21H,7-8,11-12,15H2,1-3H3. The Labute approximate surface area is 146 Å². The monoisotopic (exact) mass is 320 g/mol. The molecule has 126 valence electrons. The maximum Gasteiger partial charge on any atom is 0.0910 e. The number of fused-ring (bicyclic) bond motifs is 1. The van der Waals surface area contributed by atoms with Gasteiger partial charge in [0.1, 0.15) is 0 Å². The zero-order valence-electron chi connectivity index (χ0n) is 15.1. The topological polar surface area (TPSA) is 6.48 Å². The number of aryl methyl sites for hydroxylation is 3. The van der Waals surface area contributed by atoms with Crippen LogP contribution in [0.25, 0.3) is 0 Å². The molecule has 0 amide bonds. The van der Waals surface area contributed by atoms with Crippen molar-refractivity contribution < 1.29 is 0 Å². The lowest BCUT2D eigenvalue weighted by molar-refractivity contribution is 0.409. The third kappa shape index (κ3) is 2.58. The third-order valence-corrected chi connectivity index (χ3v) is 5.81. The lowest BCUT2D eigenvalue weighted by Gasteiger charge is -2.34. The highest BCUT2D eigenvalue weighted by atomic mass is 15.4. The first-order valence-corrected chi connectivity index (χ1v) is 9.31. The van der Waals surface area contributed by atoms with E-state index in [9.17, 15) is 0 Å². The van der Waals surface area contributed by atoms with E-state index in [1.165, 1.54) is 53.7 Å². The molecule has 0 bridgehead atoms. The number of hydrogen-bond acceptors (Lipinski definition) is 2. The Morgan fingerprint density at radius 2 is 1.38 bits per heavy atom. The van der Waals surface area contributed by atoms with E-state index >= 15 is 0 Å². The number of hydrogen-bond donors (Lipinski definition) is 0. The van der Waals surface area contributed by atoms with E-state index in [4.69, 9.17) is 0 Å². The predicted molar refractivity (Wildman–Crippen MR) is 103 cm³/mol. The highest BCUT2D eigenvalue weighted by Crippen LogP contribution is 2.40. The van der Waals surface area contributed by atoms with Crippen molar-refractivity contribution in [2.24, 2.45) is 0 Å². The SMILES string of the molecule is Cc1cc(C)c(N2CN(c3ccccc3)C3CCCCC32)c(C)c1. The van der Waals surface area contributed by atoms with Gasteiger partial charge in [-0.2, -0.15) is 0 Å². The second-order valence-corrected chi connectivity index (χ2v) is 7.58. The summed E-state index contributed by atoms with van der Waals surface area (Å²) < 4.78 is 0.